The largest absolute Gasteiger partial charge is 0.352 e. The Morgan fingerprint density at radius 3 is 1.79 bits per heavy atom. The first-order chi connectivity index (χ1) is 13.6. The summed E-state index contributed by atoms with van der Waals surface area (Å²) in [5, 5.41) is 3.12. The second kappa shape index (κ2) is 9.85. The first-order valence-corrected chi connectivity index (χ1v) is 10.5. The molecule has 1 fully saturated rings. The van der Waals surface area contributed by atoms with Gasteiger partial charge in [-0.25, -0.2) is 0 Å². The molecular weight excluding hydrogens is 346 g/mol. The first-order valence-electron chi connectivity index (χ1n) is 10.5. The number of benzene rings is 2. The van der Waals surface area contributed by atoms with Crippen molar-refractivity contribution in [3.63, 3.8) is 0 Å². The van der Waals surface area contributed by atoms with Gasteiger partial charge in [0.2, 0.25) is 5.91 Å². The van der Waals surface area contributed by atoms with Crippen LogP contribution in [0.4, 0.5) is 0 Å². The summed E-state index contributed by atoms with van der Waals surface area (Å²) in [6.07, 6.45) is 0.960. The lowest BCUT2D eigenvalue weighted by atomic mass is 9.96. The minimum atomic E-state index is -0.0805. The van der Waals surface area contributed by atoms with E-state index >= 15 is 0 Å². The molecule has 0 aromatic heterocycles. The quantitative estimate of drug-likeness (QED) is 0.797. The second-order valence-corrected chi connectivity index (χ2v) is 7.79. The molecule has 1 heterocycles. The zero-order valence-corrected chi connectivity index (χ0v) is 17.3. The molecule has 1 saturated heterocycles. The van der Waals surface area contributed by atoms with Crippen LogP contribution in [0.1, 0.15) is 44.4 Å². The Morgan fingerprint density at radius 1 is 0.857 bits per heavy atom. The van der Waals surface area contributed by atoms with Crippen molar-refractivity contribution in [3.8, 4) is 0 Å². The van der Waals surface area contributed by atoms with E-state index in [-0.39, 0.29) is 24.0 Å². The van der Waals surface area contributed by atoms with Gasteiger partial charge in [-0.2, -0.15) is 0 Å². The minimum Gasteiger partial charge on any atom is -0.352 e. The molecule has 1 aliphatic heterocycles. The number of nitrogens with zero attached hydrogens (tertiary/aromatic N) is 2. The molecule has 0 aliphatic carbocycles. The Balaban J connectivity index is 1.68. The van der Waals surface area contributed by atoms with Crippen molar-refractivity contribution in [1.29, 1.82) is 0 Å². The predicted octanol–water partition coefficient (Wildman–Crippen LogP) is 3.70. The normalized spacial score (nSPS) is 18.0. The van der Waals surface area contributed by atoms with Gasteiger partial charge in [0, 0.05) is 32.2 Å². The van der Waals surface area contributed by atoms with Gasteiger partial charge in [-0.3, -0.25) is 14.6 Å². The van der Waals surface area contributed by atoms with Crippen LogP contribution < -0.4 is 5.32 Å². The molecule has 0 saturated carbocycles. The Morgan fingerprint density at radius 2 is 1.32 bits per heavy atom. The highest BCUT2D eigenvalue weighted by molar-refractivity contribution is 5.81. The minimum absolute atomic E-state index is 0.0805. The van der Waals surface area contributed by atoms with Crippen LogP contribution in [0.25, 0.3) is 0 Å². The van der Waals surface area contributed by atoms with E-state index in [1.165, 1.54) is 11.1 Å². The number of rotatable bonds is 7. The van der Waals surface area contributed by atoms with Crippen molar-refractivity contribution in [2.24, 2.45) is 0 Å². The lowest BCUT2D eigenvalue weighted by molar-refractivity contribution is -0.127. The molecule has 0 bridgehead atoms. The number of nitrogens with one attached hydrogen (secondary N) is 1. The Kier molecular flexibility index (Phi) is 7.24. The van der Waals surface area contributed by atoms with E-state index in [1.54, 1.807) is 0 Å². The summed E-state index contributed by atoms with van der Waals surface area (Å²) in [6, 6.07) is 21.9. The lowest BCUT2D eigenvalue weighted by Crippen LogP contribution is -2.55. The van der Waals surface area contributed by atoms with Gasteiger partial charge in [-0.15, -0.1) is 0 Å². The summed E-state index contributed by atoms with van der Waals surface area (Å²) in [6.45, 7) is 9.91. The summed E-state index contributed by atoms with van der Waals surface area (Å²) in [5.41, 5.74) is 2.65. The average Bonchev–Trinajstić information content (AvgIpc) is 2.75. The van der Waals surface area contributed by atoms with Gasteiger partial charge >= 0.3 is 0 Å². The molecule has 0 spiro atoms. The van der Waals surface area contributed by atoms with Crippen molar-refractivity contribution >= 4 is 5.91 Å². The maximum absolute atomic E-state index is 12.5. The van der Waals surface area contributed by atoms with Gasteiger partial charge in [0.05, 0.1) is 12.1 Å². The van der Waals surface area contributed by atoms with Gasteiger partial charge in [0.1, 0.15) is 0 Å². The lowest BCUT2D eigenvalue weighted by Gasteiger charge is -2.41. The fourth-order valence-electron chi connectivity index (χ4n) is 3.90. The second-order valence-electron chi connectivity index (χ2n) is 7.79. The van der Waals surface area contributed by atoms with Crippen LogP contribution in [-0.4, -0.2) is 54.0 Å². The van der Waals surface area contributed by atoms with E-state index in [9.17, 15) is 4.79 Å². The Labute approximate surface area is 169 Å². The van der Waals surface area contributed by atoms with Crippen molar-refractivity contribution in [1.82, 2.24) is 15.1 Å². The van der Waals surface area contributed by atoms with E-state index in [0.717, 1.165) is 32.6 Å². The molecule has 3 rings (SSSR count). The van der Waals surface area contributed by atoms with E-state index < -0.39 is 0 Å². The van der Waals surface area contributed by atoms with Crippen LogP contribution in [0.3, 0.4) is 0 Å². The van der Waals surface area contributed by atoms with E-state index in [4.69, 9.17) is 0 Å². The summed E-state index contributed by atoms with van der Waals surface area (Å²) < 4.78 is 0. The van der Waals surface area contributed by atoms with Crippen molar-refractivity contribution in [3.05, 3.63) is 71.8 Å². The number of carbonyl (C=O) groups is 1. The average molecular weight is 380 g/mol. The van der Waals surface area contributed by atoms with Crippen molar-refractivity contribution in [2.75, 3.05) is 26.2 Å². The molecule has 0 radical (unpaired) electrons. The molecule has 2 aromatic rings. The van der Waals surface area contributed by atoms with Crippen molar-refractivity contribution in [2.45, 2.75) is 45.3 Å². The molecule has 150 valence electrons. The van der Waals surface area contributed by atoms with Gasteiger partial charge in [-0.05, 0) is 31.4 Å². The molecule has 1 aliphatic rings. The number of hydrogen-bond donors (Lipinski definition) is 1. The Bertz CT molecular complexity index is 687. The predicted molar refractivity (Wildman–Crippen MR) is 115 cm³/mol. The summed E-state index contributed by atoms with van der Waals surface area (Å²) >= 11 is 0. The third-order valence-electron chi connectivity index (χ3n) is 5.87. The Hall–Kier alpha value is -2.17. The van der Waals surface area contributed by atoms with Crippen LogP contribution in [0, 0.1) is 0 Å². The molecule has 4 heteroatoms. The zero-order chi connectivity index (χ0) is 19.9. The van der Waals surface area contributed by atoms with E-state index in [2.05, 4.69) is 89.6 Å². The van der Waals surface area contributed by atoms with E-state index in [0.29, 0.717) is 0 Å². The maximum atomic E-state index is 12.5. The molecule has 1 amide bonds. The summed E-state index contributed by atoms with van der Waals surface area (Å²) in [4.78, 5) is 17.4. The molecule has 2 atom stereocenters. The highest BCUT2D eigenvalue weighted by Gasteiger charge is 2.30. The third-order valence-corrected chi connectivity index (χ3v) is 5.87. The molecule has 0 unspecified atom stereocenters. The van der Waals surface area contributed by atoms with Gasteiger partial charge < -0.3 is 5.32 Å². The van der Waals surface area contributed by atoms with Gasteiger partial charge in [-0.1, -0.05) is 67.6 Å². The van der Waals surface area contributed by atoms with Crippen LogP contribution in [0.2, 0.25) is 0 Å². The molecule has 1 N–H and O–H groups in total. The topological polar surface area (TPSA) is 35.6 Å². The standard InChI is InChI=1S/C24H33N3O/c1-4-19(2)25-24(28)20(3)26-15-17-27(18-16-26)23(21-11-7-5-8-12-21)22-13-9-6-10-14-22/h5-14,19-20,23H,4,15-18H2,1-3H3,(H,25,28)/t19-,20-/m0/s1. The van der Waals surface area contributed by atoms with Crippen LogP contribution in [0.15, 0.2) is 60.7 Å². The zero-order valence-electron chi connectivity index (χ0n) is 17.3. The number of piperazine rings is 1. The van der Waals surface area contributed by atoms with Crippen LogP contribution >= 0.6 is 0 Å². The molecular formula is C24H33N3O. The highest BCUT2D eigenvalue weighted by atomic mass is 16.2. The smallest absolute Gasteiger partial charge is 0.237 e. The highest BCUT2D eigenvalue weighted by Crippen LogP contribution is 2.29. The van der Waals surface area contributed by atoms with Crippen LogP contribution in [-0.2, 0) is 4.79 Å². The fraction of sp³-hybridized carbons (Fsp3) is 0.458. The van der Waals surface area contributed by atoms with Gasteiger partial charge in [0.15, 0.2) is 0 Å². The molecule has 4 nitrogen and oxygen atoms in total. The van der Waals surface area contributed by atoms with Crippen LogP contribution in [0.5, 0.6) is 0 Å². The maximum Gasteiger partial charge on any atom is 0.237 e. The van der Waals surface area contributed by atoms with Crippen molar-refractivity contribution < 1.29 is 4.79 Å². The fourth-order valence-corrected chi connectivity index (χ4v) is 3.90. The van der Waals surface area contributed by atoms with Gasteiger partial charge in [0.25, 0.3) is 0 Å². The number of amides is 1. The molecule has 2 aromatic carbocycles. The van der Waals surface area contributed by atoms with E-state index in [1.807, 2.05) is 6.92 Å². The summed E-state index contributed by atoms with van der Waals surface area (Å²) in [7, 11) is 0. The first kappa shape index (κ1) is 20.6. The summed E-state index contributed by atoms with van der Waals surface area (Å²) in [5.74, 6) is 0.144. The number of carbonyl (C=O) groups excluding carboxylic acids is 1. The number of hydrogen-bond acceptors (Lipinski definition) is 3. The SMILES string of the molecule is CC[C@H](C)NC(=O)[C@H](C)N1CCN(C(c2ccccc2)c2ccccc2)CC1. The third kappa shape index (κ3) is 5.00. The molecule has 28 heavy (non-hydrogen) atoms. The monoisotopic (exact) mass is 379 g/mol.